The van der Waals surface area contributed by atoms with Crippen LogP contribution < -0.4 is 20.7 Å². The van der Waals surface area contributed by atoms with Gasteiger partial charge in [0.15, 0.2) is 0 Å². The minimum absolute atomic E-state index is 0.130. The van der Waals surface area contributed by atoms with Gasteiger partial charge in [0.2, 0.25) is 11.8 Å². The van der Waals surface area contributed by atoms with Crippen LogP contribution in [0.5, 0.6) is 5.75 Å². The number of methoxy groups -OCH3 is 1. The second kappa shape index (κ2) is 8.35. The molecule has 0 fully saturated rings. The van der Waals surface area contributed by atoms with Gasteiger partial charge in [-0.1, -0.05) is 24.3 Å². The van der Waals surface area contributed by atoms with Gasteiger partial charge in [0.25, 0.3) is 5.91 Å². The minimum atomic E-state index is -0.753. The first kappa shape index (κ1) is 18.4. The highest BCUT2D eigenvalue weighted by Gasteiger charge is 2.27. The Labute approximate surface area is 157 Å². The average molecular weight is 367 g/mol. The number of carbonyl (C=O) groups is 3. The molecule has 3 amide bonds. The fourth-order valence-corrected chi connectivity index (χ4v) is 2.82. The van der Waals surface area contributed by atoms with Crippen LogP contribution in [0.1, 0.15) is 28.8 Å². The van der Waals surface area contributed by atoms with E-state index in [9.17, 15) is 14.4 Å². The van der Waals surface area contributed by atoms with Crippen LogP contribution in [0.4, 0.5) is 5.69 Å². The molecule has 1 aliphatic rings. The van der Waals surface area contributed by atoms with Crippen LogP contribution in [-0.2, 0) is 16.1 Å². The van der Waals surface area contributed by atoms with Gasteiger partial charge in [0.05, 0.1) is 18.4 Å². The molecule has 3 N–H and O–H groups in total. The van der Waals surface area contributed by atoms with E-state index in [0.717, 1.165) is 11.3 Å². The van der Waals surface area contributed by atoms with Crippen molar-refractivity contribution in [3.8, 4) is 5.75 Å². The van der Waals surface area contributed by atoms with Crippen LogP contribution in [0.3, 0.4) is 0 Å². The molecule has 1 aliphatic heterocycles. The number of hydrogen-bond donors (Lipinski definition) is 3. The Kier molecular flexibility index (Phi) is 5.71. The van der Waals surface area contributed by atoms with Gasteiger partial charge in [-0.05, 0) is 36.2 Å². The van der Waals surface area contributed by atoms with Gasteiger partial charge >= 0.3 is 0 Å². The first-order valence-electron chi connectivity index (χ1n) is 8.67. The average Bonchev–Trinajstić information content (AvgIpc) is 2.81. The van der Waals surface area contributed by atoms with Crippen molar-refractivity contribution in [1.29, 1.82) is 0 Å². The van der Waals surface area contributed by atoms with Gasteiger partial charge < -0.3 is 20.7 Å². The predicted molar refractivity (Wildman–Crippen MR) is 100 cm³/mol. The number of benzene rings is 2. The third-order valence-corrected chi connectivity index (χ3v) is 4.36. The molecule has 7 nitrogen and oxygen atoms in total. The van der Waals surface area contributed by atoms with Crippen molar-refractivity contribution in [2.75, 3.05) is 12.4 Å². The molecular weight excluding hydrogens is 346 g/mol. The number of rotatable bonds is 6. The number of ether oxygens (including phenoxy) is 1. The van der Waals surface area contributed by atoms with Crippen molar-refractivity contribution >= 4 is 23.4 Å². The lowest BCUT2D eigenvalue weighted by molar-refractivity contribution is -0.122. The van der Waals surface area contributed by atoms with Gasteiger partial charge in [0, 0.05) is 13.0 Å². The molecule has 27 heavy (non-hydrogen) atoms. The maximum absolute atomic E-state index is 12.3. The van der Waals surface area contributed by atoms with Crippen LogP contribution in [0.15, 0.2) is 48.5 Å². The van der Waals surface area contributed by atoms with E-state index >= 15 is 0 Å². The number of amides is 3. The van der Waals surface area contributed by atoms with Gasteiger partial charge in [-0.3, -0.25) is 14.4 Å². The van der Waals surface area contributed by atoms with Crippen molar-refractivity contribution in [2.24, 2.45) is 0 Å². The SMILES string of the molecule is COc1ccc(CNC(=O)CCC2NC(=O)c3ccccc3NC2=O)cc1. The molecule has 0 aromatic heterocycles. The first-order valence-corrected chi connectivity index (χ1v) is 8.67. The summed E-state index contributed by atoms with van der Waals surface area (Å²) in [6.45, 7) is 0.386. The van der Waals surface area contributed by atoms with Gasteiger partial charge in [-0.25, -0.2) is 0 Å². The molecule has 2 aromatic rings. The topological polar surface area (TPSA) is 96.5 Å². The van der Waals surface area contributed by atoms with E-state index in [1.807, 2.05) is 24.3 Å². The highest BCUT2D eigenvalue weighted by molar-refractivity contribution is 6.09. The van der Waals surface area contributed by atoms with Crippen LogP contribution >= 0.6 is 0 Å². The highest BCUT2D eigenvalue weighted by atomic mass is 16.5. The van der Waals surface area contributed by atoms with Crippen LogP contribution in [0.25, 0.3) is 0 Å². The number of carbonyl (C=O) groups excluding carboxylic acids is 3. The molecule has 0 bridgehead atoms. The number of anilines is 1. The van der Waals surface area contributed by atoms with Crippen LogP contribution in [0, 0.1) is 0 Å². The zero-order valence-corrected chi connectivity index (χ0v) is 15.0. The monoisotopic (exact) mass is 367 g/mol. The fourth-order valence-electron chi connectivity index (χ4n) is 2.82. The number of para-hydroxylation sites is 1. The lowest BCUT2D eigenvalue weighted by atomic mass is 10.1. The largest absolute Gasteiger partial charge is 0.497 e. The summed E-state index contributed by atoms with van der Waals surface area (Å²) in [6, 6.07) is 13.4. The summed E-state index contributed by atoms with van der Waals surface area (Å²) < 4.78 is 5.09. The summed E-state index contributed by atoms with van der Waals surface area (Å²) in [6.07, 6.45) is 0.352. The summed E-state index contributed by atoms with van der Waals surface area (Å²) >= 11 is 0. The Morgan fingerprint density at radius 1 is 1.11 bits per heavy atom. The molecule has 0 saturated carbocycles. The Morgan fingerprint density at radius 2 is 1.85 bits per heavy atom. The van der Waals surface area contributed by atoms with Crippen LogP contribution in [-0.4, -0.2) is 30.9 Å². The number of nitrogens with one attached hydrogen (secondary N) is 3. The molecule has 140 valence electrons. The van der Waals surface area contributed by atoms with E-state index in [1.165, 1.54) is 0 Å². The number of fused-ring (bicyclic) bond motifs is 1. The molecule has 0 spiro atoms. The second-order valence-electron chi connectivity index (χ2n) is 6.22. The normalized spacial score (nSPS) is 15.8. The Hall–Kier alpha value is -3.35. The molecule has 1 unspecified atom stereocenters. The molecule has 0 radical (unpaired) electrons. The zero-order chi connectivity index (χ0) is 19.2. The fraction of sp³-hybridized carbons (Fsp3) is 0.250. The Bertz CT molecular complexity index is 849. The number of hydrogen-bond acceptors (Lipinski definition) is 4. The standard InChI is InChI=1S/C20H21N3O4/c1-27-14-8-6-13(7-9-14)12-21-18(24)11-10-17-20(26)22-16-5-3-2-4-15(16)19(25)23-17/h2-9,17H,10-12H2,1H3,(H,21,24)(H,22,26)(H,23,25). The highest BCUT2D eigenvalue weighted by Crippen LogP contribution is 2.19. The summed E-state index contributed by atoms with van der Waals surface area (Å²) in [7, 11) is 1.59. The van der Waals surface area contributed by atoms with E-state index in [-0.39, 0.29) is 30.6 Å². The van der Waals surface area contributed by atoms with Crippen molar-refractivity contribution in [1.82, 2.24) is 10.6 Å². The van der Waals surface area contributed by atoms with E-state index in [0.29, 0.717) is 17.8 Å². The van der Waals surface area contributed by atoms with Gasteiger partial charge in [-0.15, -0.1) is 0 Å². The van der Waals surface area contributed by atoms with E-state index in [1.54, 1.807) is 31.4 Å². The summed E-state index contributed by atoms with van der Waals surface area (Å²) in [5.74, 6) is -0.0836. The Balaban J connectivity index is 1.51. The second-order valence-corrected chi connectivity index (χ2v) is 6.22. The Morgan fingerprint density at radius 3 is 2.59 bits per heavy atom. The predicted octanol–water partition coefficient (Wildman–Crippen LogP) is 1.84. The molecule has 0 aliphatic carbocycles. The van der Waals surface area contributed by atoms with E-state index < -0.39 is 6.04 Å². The summed E-state index contributed by atoms with van der Waals surface area (Å²) in [5, 5.41) is 8.22. The quantitative estimate of drug-likeness (QED) is 0.726. The molecule has 0 saturated heterocycles. The van der Waals surface area contributed by atoms with Crippen molar-refractivity contribution < 1.29 is 19.1 Å². The van der Waals surface area contributed by atoms with Crippen molar-refractivity contribution in [2.45, 2.75) is 25.4 Å². The smallest absolute Gasteiger partial charge is 0.254 e. The van der Waals surface area contributed by atoms with Gasteiger partial charge in [-0.2, -0.15) is 0 Å². The van der Waals surface area contributed by atoms with Crippen LogP contribution in [0.2, 0.25) is 0 Å². The lowest BCUT2D eigenvalue weighted by Crippen LogP contribution is -2.42. The minimum Gasteiger partial charge on any atom is -0.497 e. The van der Waals surface area contributed by atoms with E-state index in [4.69, 9.17) is 4.74 Å². The van der Waals surface area contributed by atoms with Crippen molar-refractivity contribution in [3.05, 3.63) is 59.7 Å². The maximum Gasteiger partial charge on any atom is 0.254 e. The van der Waals surface area contributed by atoms with Crippen molar-refractivity contribution in [3.63, 3.8) is 0 Å². The van der Waals surface area contributed by atoms with Gasteiger partial charge in [0.1, 0.15) is 11.8 Å². The lowest BCUT2D eigenvalue weighted by Gasteiger charge is -2.14. The molecule has 1 heterocycles. The molecule has 2 aromatic carbocycles. The third-order valence-electron chi connectivity index (χ3n) is 4.36. The molecule has 7 heteroatoms. The molecule has 3 rings (SSSR count). The zero-order valence-electron chi connectivity index (χ0n) is 15.0. The maximum atomic E-state index is 12.3. The first-order chi connectivity index (χ1) is 13.1. The summed E-state index contributed by atoms with van der Waals surface area (Å²) in [4.78, 5) is 36.7. The molecule has 1 atom stereocenters. The van der Waals surface area contributed by atoms with E-state index in [2.05, 4.69) is 16.0 Å². The summed E-state index contributed by atoms with van der Waals surface area (Å²) in [5.41, 5.74) is 1.84. The molecular formula is C20H21N3O4. The third kappa shape index (κ3) is 4.63.